The smallest absolute Gasteiger partial charge is 0.126 e. The fraction of sp³-hybridized carbons (Fsp3) is 0.462. The Morgan fingerprint density at radius 3 is 3.06 bits per heavy atom. The van der Waals surface area contributed by atoms with E-state index in [0.29, 0.717) is 6.04 Å². The average Bonchev–Trinajstić information content (AvgIpc) is 2.94. The van der Waals surface area contributed by atoms with Gasteiger partial charge in [-0.05, 0) is 25.5 Å². The summed E-state index contributed by atoms with van der Waals surface area (Å²) in [4.78, 5) is 4.60. The van der Waals surface area contributed by atoms with Gasteiger partial charge in [-0.2, -0.15) is 0 Å². The van der Waals surface area contributed by atoms with E-state index >= 15 is 0 Å². The average molecular weight is 250 g/mol. The fourth-order valence-corrected chi connectivity index (χ4v) is 2.44. The van der Waals surface area contributed by atoms with Gasteiger partial charge in [0.2, 0.25) is 0 Å². The predicted molar refractivity (Wildman–Crippen MR) is 71.3 cm³/mol. The van der Waals surface area contributed by atoms with Crippen LogP contribution in [0.3, 0.4) is 0 Å². The molecule has 0 amide bonds. The molecule has 0 spiro atoms. The van der Waals surface area contributed by atoms with Gasteiger partial charge in [-0.25, -0.2) is 4.98 Å². The van der Waals surface area contributed by atoms with Crippen LogP contribution < -0.4 is 5.32 Å². The summed E-state index contributed by atoms with van der Waals surface area (Å²) in [6, 6.07) is 2.51. The molecule has 0 aliphatic carbocycles. The summed E-state index contributed by atoms with van der Waals surface area (Å²) in [7, 11) is 0. The molecular formula is C13H18N2OS. The van der Waals surface area contributed by atoms with E-state index in [-0.39, 0.29) is 0 Å². The number of aromatic nitrogens is 1. The van der Waals surface area contributed by atoms with E-state index < -0.39 is 0 Å². The number of hydrogen-bond donors (Lipinski definition) is 1. The highest BCUT2D eigenvalue weighted by Gasteiger charge is 2.05. The van der Waals surface area contributed by atoms with Crippen LogP contribution in [0.15, 0.2) is 28.4 Å². The molecule has 92 valence electrons. The van der Waals surface area contributed by atoms with Crippen LogP contribution in [0, 0.1) is 0 Å². The standard InChI is InChI=1S/C13H18N2OS/c1-10(2)14-6-3-4-12-9-17-13(15-12)11-5-7-16-8-11/h5,7-10,14H,3-4,6H2,1-2H3. The van der Waals surface area contributed by atoms with Gasteiger partial charge in [-0.1, -0.05) is 13.8 Å². The first-order valence-electron chi connectivity index (χ1n) is 5.96. The minimum absolute atomic E-state index is 0.562. The zero-order valence-corrected chi connectivity index (χ0v) is 11.1. The van der Waals surface area contributed by atoms with E-state index in [1.165, 1.54) is 5.69 Å². The molecular weight excluding hydrogens is 232 g/mol. The highest BCUT2D eigenvalue weighted by Crippen LogP contribution is 2.24. The molecule has 3 nitrogen and oxygen atoms in total. The van der Waals surface area contributed by atoms with Crippen LogP contribution in [0.4, 0.5) is 0 Å². The van der Waals surface area contributed by atoms with Crippen molar-refractivity contribution in [3.63, 3.8) is 0 Å². The van der Waals surface area contributed by atoms with Gasteiger partial charge < -0.3 is 9.73 Å². The van der Waals surface area contributed by atoms with E-state index in [0.717, 1.165) is 30.0 Å². The molecule has 0 atom stereocenters. The van der Waals surface area contributed by atoms with Crippen LogP contribution >= 0.6 is 11.3 Å². The summed E-state index contributed by atoms with van der Waals surface area (Å²) >= 11 is 1.68. The summed E-state index contributed by atoms with van der Waals surface area (Å²) in [6.07, 6.45) is 5.59. The van der Waals surface area contributed by atoms with Gasteiger partial charge in [0.25, 0.3) is 0 Å². The molecule has 2 rings (SSSR count). The number of hydrogen-bond acceptors (Lipinski definition) is 4. The number of nitrogens with zero attached hydrogens (tertiary/aromatic N) is 1. The van der Waals surface area contributed by atoms with Crippen molar-refractivity contribution in [2.45, 2.75) is 32.7 Å². The second-order valence-corrected chi connectivity index (χ2v) is 5.23. The molecule has 2 heterocycles. The first kappa shape index (κ1) is 12.3. The molecule has 0 radical (unpaired) electrons. The van der Waals surface area contributed by atoms with Crippen LogP contribution in [0.25, 0.3) is 10.6 Å². The summed E-state index contributed by atoms with van der Waals surface area (Å²) in [5.74, 6) is 0. The lowest BCUT2D eigenvalue weighted by Gasteiger charge is -2.06. The van der Waals surface area contributed by atoms with Gasteiger partial charge in [-0.3, -0.25) is 0 Å². The van der Waals surface area contributed by atoms with Crippen molar-refractivity contribution in [3.05, 3.63) is 29.7 Å². The van der Waals surface area contributed by atoms with Crippen LogP contribution in [-0.4, -0.2) is 17.6 Å². The largest absolute Gasteiger partial charge is 0.472 e. The maximum atomic E-state index is 5.06. The fourth-order valence-electron chi connectivity index (χ4n) is 1.60. The van der Waals surface area contributed by atoms with Crippen LogP contribution in [0.2, 0.25) is 0 Å². The monoisotopic (exact) mass is 250 g/mol. The van der Waals surface area contributed by atoms with Crippen molar-refractivity contribution in [2.24, 2.45) is 0 Å². The van der Waals surface area contributed by atoms with E-state index in [2.05, 4.69) is 29.5 Å². The predicted octanol–water partition coefficient (Wildman–Crippen LogP) is 3.33. The second kappa shape index (κ2) is 5.98. The molecule has 1 N–H and O–H groups in total. The second-order valence-electron chi connectivity index (χ2n) is 4.37. The third-order valence-electron chi connectivity index (χ3n) is 2.48. The first-order chi connectivity index (χ1) is 8.25. The Hall–Kier alpha value is -1.13. The van der Waals surface area contributed by atoms with Crippen molar-refractivity contribution >= 4 is 11.3 Å². The van der Waals surface area contributed by atoms with Gasteiger partial charge in [0.15, 0.2) is 0 Å². The normalized spacial score (nSPS) is 11.2. The molecule has 0 fully saturated rings. The van der Waals surface area contributed by atoms with E-state index in [1.54, 1.807) is 23.9 Å². The van der Waals surface area contributed by atoms with Crippen LogP contribution in [0.1, 0.15) is 26.0 Å². The SMILES string of the molecule is CC(C)NCCCc1csc(-c2ccoc2)n1. The molecule has 0 unspecified atom stereocenters. The Morgan fingerprint density at radius 2 is 2.35 bits per heavy atom. The molecule has 4 heteroatoms. The van der Waals surface area contributed by atoms with E-state index in [9.17, 15) is 0 Å². The number of nitrogens with one attached hydrogen (secondary N) is 1. The number of thiazole rings is 1. The Morgan fingerprint density at radius 1 is 1.47 bits per heavy atom. The lowest BCUT2D eigenvalue weighted by Crippen LogP contribution is -2.23. The molecule has 0 aliphatic rings. The summed E-state index contributed by atoms with van der Waals surface area (Å²) in [5.41, 5.74) is 2.25. The van der Waals surface area contributed by atoms with Crippen LogP contribution in [0.5, 0.6) is 0 Å². The molecule has 0 bridgehead atoms. The third-order valence-corrected chi connectivity index (χ3v) is 3.42. The Balaban J connectivity index is 1.83. The van der Waals surface area contributed by atoms with Gasteiger partial charge in [0.1, 0.15) is 11.3 Å². The Bertz CT molecular complexity index is 434. The van der Waals surface area contributed by atoms with Gasteiger partial charge >= 0.3 is 0 Å². The quantitative estimate of drug-likeness (QED) is 0.799. The maximum absolute atomic E-state index is 5.06. The minimum Gasteiger partial charge on any atom is -0.472 e. The molecule has 2 aromatic rings. The Kier molecular flexibility index (Phi) is 4.34. The van der Waals surface area contributed by atoms with Crippen molar-refractivity contribution in [3.8, 4) is 10.6 Å². The number of rotatable bonds is 6. The highest BCUT2D eigenvalue weighted by molar-refractivity contribution is 7.13. The molecule has 0 aromatic carbocycles. The van der Waals surface area contributed by atoms with Crippen molar-refractivity contribution in [2.75, 3.05) is 6.54 Å². The highest BCUT2D eigenvalue weighted by atomic mass is 32.1. The third kappa shape index (κ3) is 3.68. The van der Waals surface area contributed by atoms with Crippen molar-refractivity contribution < 1.29 is 4.42 Å². The zero-order chi connectivity index (χ0) is 12.1. The molecule has 0 aliphatic heterocycles. The maximum Gasteiger partial charge on any atom is 0.126 e. The molecule has 2 aromatic heterocycles. The lowest BCUT2D eigenvalue weighted by molar-refractivity contribution is 0.567. The Labute approximate surface area is 106 Å². The first-order valence-corrected chi connectivity index (χ1v) is 6.84. The molecule has 17 heavy (non-hydrogen) atoms. The van der Waals surface area contributed by atoms with Crippen LogP contribution in [-0.2, 0) is 6.42 Å². The van der Waals surface area contributed by atoms with E-state index in [1.807, 2.05) is 6.07 Å². The molecule has 0 saturated carbocycles. The molecule has 0 saturated heterocycles. The van der Waals surface area contributed by atoms with Crippen molar-refractivity contribution in [1.29, 1.82) is 0 Å². The summed E-state index contributed by atoms with van der Waals surface area (Å²) < 4.78 is 5.06. The summed E-state index contributed by atoms with van der Waals surface area (Å²) in [6.45, 7) is 5.38. The van der Waals surface area contributed by atoms with Gasteiger partial charge in [0, 0.05) is 17.0 Å². The van der Waals surface area contributed by atoms with Gasteiger partial charge in [-0.15, -0.1) is 11.3 Å². The van der Waals surface area contributed by atoms with Crippen molar-refractivity contribution in [1.82, 2.24) is 10.3 Å². The topological polar surface area (TPSA) is 38.1 Å². The zero-order valence-electron chi connectivity index (χ0n) is 10.3. The number of aryl methyl sites for hydroxylation is 1. The minimum atomic E-state index is 0.562. The summed E-state index contributed by atoms with van der Waals surface area (Å²) in [5, 5.41) is 6.59. The van der Waals surface area contributed by atoms with E-state index in [4.69, 9.17) is 4.42 Å². The number of furan rings is 1. The lowest BCUT2D eigenvalue weighted by atomic mass is 10.2. The van der Waals surface area contributed by atoms with Gasteiger partial charge in [0.05, 0.1) is 12.0 Å².